The number of primary amides is 1. The molecular weight excluding hydrogens is 286 g/mol. The van der Waals surface area contributed by atoms with Gasteiger partial charge in [-0.15, -0.1) is 0 Å². The van der Waals surface area contributed by atoms with E-state index in [4.69, 9.17) is 17.3 Å². The zero-order valence-electron chi connectivity index (χ0n) is 12.6. The molecule has 1 aliphatic rings. The Kier molecular flexibility index (Phi) is 5.88. The zero-order chi connectivity index (χ0) is 15.2. The van der Waals surface area contributed by atoms with Gasteiger partial charge in [-0.25, -0.2) is 0 Å². The lowest BCUT2D eigenvalue weighted by atomic mass is 9.96. The Bertz CT molecular complexity index is 486. The lowest BCUT2D eigenvalue weighted by molar-refractivity contribution is 0.100. The number of nitrogens with two attached hydrogens (primary N) is 1. The van der Waals surface area contributed by atoms with Gasteiger partial charge in [-0.3, -0.25) is 4.79 Å². The molecule has 5 heteroatoms. The average molecular weight is 310 g/mol. The molecule has 0 radical (unpaired) electrons. The molecule has 0 aromatic heterocycles. The van der Waals surface area contributed by atoms with E-state index in [9.17, 15) is 4.79 Å². The van der Waals surface area contributed by atoms with Gasteiger partial charge in [0.25, 0.3) is 5.91 Å². The topological polar surface area (TPSA) is 58.4 Å². The number of benzene rings is 1. The van der Waals surface area contributed by atoms with E-state index in [0.29, 0.717) is 16.5 Å². The van der Waals surface area contributed by atoms with E-state index in [1.54, 1.807) is 6.07 Å². The van der Waals surface area contributed by atoms with E-state index in [0.717, 1.165) is 38.3 Å². The van der Waals surface area contributed by atoms with E-state index in [1.807, 2.05) is 12.1 Å². The summed E-state index contributed by atoms with van der Waals surface area (Å²) in [7, 11) is 0. The number of piperidine rings is 1. The SMILES string of the molecule is CCCN(CC1CCNCC1)c1cccc(Cl)c1C(N)=O. The third-order valence-corrected chi connectivity index (χ3v) is 4.32. The van der Waals surface area contributed by atoms with Crippen molar-refractivity contribution < 1.29 is 4.79 Å². The van der Waals surface area contributed by atoms with Crippen molar-refractivity contribution in [1.82, 2.24) is 5.32 Å². The molecule has 0 unspecified atom stereocenters. The van der Waals surface area contributed by atoms with Gasteiger partial charge in [0.2, 0.25) is 0 Å². The normalized spacial score (nSPS) is 15.9. The monoisotopic (exact) mass is 309 g/mol. The van der Waals surface area contributed by atoms with Crippen LogP contribution in [0.25, 0.3) is 0 Å². The van der Waals surface area contributed by atoms with Gasteiger partial charge in [0.05, 0.1) is 16.3 Å². The number of rotatable bonds is 6. The lowest BCUT2D eigenvalue weighted by Gasteiger charge is -2.32. The standard InChI is InChI=1S/C16H24ClN3O/c1-2-10-20(11-12-6-8-19-9-7-12)14-5-3-4-13(17)15(14)16(18)21/h3-5,12,19H,2,6-11H2,1H3,(H2,18,21). The first-order valence-corrected chi connectivity index (χ1v) is 8.05. The van der Waals surface area contributed by atoms with Crippen LogP contribution < -0.4 is 16.0 Å². The Morgan fingerprint density at radius 3 is 2.76 bits per heavy atom. The van der Waals surface area contributed by atoms with Gasteiger partial charge in [0, 0.05) is 13.1 Å². The number of halogens is 1. The molecule has 0 atom stereocenters. The van der Waals surface area contributed by atoms with Crippen molar-refractivity contribution in [2.75, 3.05) is 31.1 Å². The number of carbonyl (C=O) groups excluding carboxylic acids is 1. The molecule has 1 saturated heterocycles. The third-order valence-electron chi connectivity index (χ3n) is 4.01. The highest BCUT2D eigenvalue weighted by Gasteiger charge is 2.21. The fourth-order valence-corrected chi connectivity index (χ4v) is 3.24. The summed E-state index contributed by atoms with van der Waals surface area (Å²) in [6.45, 7) is 6.15. The summed E-state index contributed by atoms with van der Waals surface area (Å²) in [4.78, 5) is 14.0. The third kappa shape index (κ3) is 4.11. The van der Waals surface area contributed by atoms with Gasteiger partial charge in [-0.1, -0.05) is 24.6 Å². The van der Waals surface area contributed by atoms with Crippen LogP contribution in [0.1, 0.15) is 36.5 Å². The predicted octanol–water partition coefficient (Wildman–Crippen LogP) is 2.65. The Balaban J connectivity index is 2.24. The van der Waals surface area contributed by atoms with E-state index in [1.165, 1.54) is 12.8 Å². The van der Waals surface area contributed by atoms with Crippen molar-refractivity contribution >= 4 is 23.2 Å². The molecule has 21 heavy (non-hydrogen) atoms. The van der Waals surface area contributed by atoms with Gasteiger partial charge < -0.3 is 16.0 Å². The first-order valence-electron chi connectivity index (χ1n) is 7.67. The molecule has 116 valence electrons. The van der Waals surface area contributed by atoms with E-state index < -0.39 is 5.91 Å². The molecule has 1 fully saturated rings. The van der Waals surface area contributed by atoms with Crippen LogP contribution in [0.2, 0.25) is 5.02 Å². The molecule has 0 bridgehead atoms. The molecule has 1 heterocycles. The van der Waals surface area contributed by atoms with Crippen LogP contribution in [0, 0.1) is 5.92 Å². The minimum absolute atomic E-state index is 0.436. The highest BCUT2D eigenvalue weighted by molar-refractivity contribution is 6.34. The van der Waals surface area contributed by atoms with Gasteiger partial charge in [0.15, 0.2) is 0 Å². The molecule has 1 amide bonds. The first kappa shape index (κ1) is 16.1. The smallest absolute Gasteiger partial charge is 0.252 e. The molecule has 4 nitrogen and oxygen atoms in total. The average Bonchev–Trinajstić information content (AvgIpc) is 2.47. The maximum Gasteiger partial charge on any atom is 0.252 e. The van der Waals surface area contributed by atoms with Crippen molar-refractivity contribution in [3.63, 3.8) is 0 Å². The molecule has 2 rings (SSSR count). The van der Waals surface area contributed by atoms with Gasteiger partial charge >= 0.3 is 0 Å². The fraction of sp³-hybridized carbons (Fsp3) is 0.562. The van der Waals surface area contributed by atoms with Crippen LogP contribution in [0.15, 0.2) is 18.2 Å². The maximum absolute atomic E-state index is 11.7. The summed E-state index contributed by atoms with van der Waals surface area (Å²) in [5.41, 5.74) is 6.84. The quantitative estimate of drug-likeness (QED) is 0.849. The Labute approximate surface area is 131 Å². The minimum Gasteiger partial charge on any atom is -0.371 e. The molecular formula is C16H24ClN3O. The van der Waals surface area contributed by atoms with Crippen LogP contribution in [0.5, 0.6) is 0 Å². The first-order chi connectivity index (χ1) is 10.1. The molecule has 1 aromatic rings. The fourth-order valence-electron chi connectivity index (χ4n) is 2.98. The van der Waals surface area contributed by atoms with Gasteiger partial charge in [0.1, 0.15) is 0 Å². The summed E-state index contributed by atoms with van der Waals surface area (Å²) in [6.07, 6.45) is 3.37. The van der Waals surface area contributed by atoms with Crippen LogP contribution in [0.4, 0.5) is 5.69 Å². The van der Waals surface area contributed by atoms with E-state index >= 15 is 0 Å². The Morgan fingerprint density at radius 1 is 1.43 bits per heavy atom. The van der Waals surface area contributed by atoms with Crippen molar-refractivity contribution in [3.05, 3.63) is 28.8 Å². The lowest BCUT2D eigenvalue weighted by Crippen LogP contribution is -2.37. The van der Waals surface area contributed by atoms with Crippen molar-refractivity contribution in [2.24, 2.45) is 11.7 Å². The summed E-state index contributed by atoms with van der Waals surface area (Å²) >= 11 is 6.17. The molecule has 0 aliphatic carbocycles. The molecule has 0 saturated carbocycles. The summed E-state index contributed by atoms with van der Waals surface area (Å²) in [5.74, 6) is 0.194. The van der Waals surface area contributed by atoms with Crippen LogP contribution in [-0.2, 0) is 0 Å². The van der Waals surface area contributed by atoms with E-state index in [-0.39, 0.29) is 0 Å². The predicted molar refractivity (Wildman–Crippen MR) is 88.1 cm³/mol. The summed E-state index contributed by atoms with van der Waals surface area (Å²) in [5, 5.41) is 3.82. The summed E-state index contributed by atoms with van der Waals surface area (Å²) in [6, 6.07) is 5.55. The second-order valence-corrected chi connectivity index (χ2v) is 6.04. The number of amides is 1. The molecule has 3 N–H and O–H groups in total. The van der Waals surface area contributed by atoms with Gasteiger partial charge in [-0.2, -0.15) is 0 Å². The second kappa shape index (κ2) is 7.66. The van der Waals surface area contributed by atoms with Crippen molar-refractivity contribution in [3.8, 4) is 0 Å². The molecule has 1 aromatic carbocycles. The van der Waals surface area contributed by atoms with Gasteiger partial charge in [-0.05, 0) is 50.4 Å². The second-order valence-electron chi connectivity index (χ2n) is 5.64. The number of anilines is 1. The van der Waals surface area contributed by atoms with E-state index in [2.05, 4.69) is 17.1 Å². The number of hydrogen-bond acceptors (Lipinski definition) is 3. The highest BCUT2D eigenvalue weighted by Crippen LogP contribution is 2.29. The number of nitrogens with zero attached hydrogens (tertiary/aromatic N) is 1. The molecule has 0 spiro atoms. The zero-order valence-corrected chi connectivity index (χ0v) is 13.3. The van der Waals surface area contributed by atoms with Crippen molar-refractivity contribution in [1.29, 1.82) is 0 Å². The largest absolute Gasteiger partial charge is 0.371 e. The highest BCUT2D eigenvalue weighted by atomic mass is 35.5. The Hall–Kier alpha value is -1.26. The maximum atomic E-state index is 11.7. The minimum atomic E-state index is -0.456. The number of nitrogens with one attached hydrogen (secondary N) is 1. The van der Waals surface area contributed by atoms with Crippen LogP contribution in [0.3, 0.4) is 0 Å². The number of hydrogen-bond donors (Lipinski definition) is 2. The van der Waals surface area contributed by atoms with Crippen LogP contribution in [-0.4, -0.2) is 32.1 Å². The molecule has 1 aliphatic heterocycles. The van der Waals surface area contributed by atoms with Crippen LogP contribution >= 0.6 is 11.6 Å². The Morgan fingerprint density at radius 2 is 2.14 bits per heavy atom. The summed E-state index contributed by atoms with van der Waals surface area (Å²) < 4.78 is 0. The van der Waals surface area contributed by atoms with Crippen molar-refractivity contribution in [2.45, 2.75) is 26.2 Å². The number of carbonyl (C=O) groups is 1.